The third-order valence-corrected chi connectivity index (χ3v) is 5.29. The highest BCUT2D eigenvalue weighted by Gasteiger charge is 2.34. The second-order valence-electron chi connectivity index (χ2n) is 5.00. The van der Waals surface area contributed by atoms with Crippen LogP contribution in [-0.2, 0) is 16.2 Å². The normalized spacial score (nSPS) is 12.5. The van der Waals surface area contributed by atoms with E-state index in [4.69, 9.17) is 23.2 Å². The number of anilines is 1. The number of aromatic amines is 1. The van der Waals surface area contributed by atoms with Crippen LogP contribution in [0.5, 0.6) is 0 Å². The molecule has 0 spiro atoms. The van der Waals surface area contributed by atoms with Crippen molar-refractivity contribution >= 4 is 49.9 Å². The van der Waals surface area contributed by atoms with Crippen LogP contribution in [0.25, 0.3) is 11.0 Å². The minimum atomic E-state index is -4.63. The van der Waals surface area contributed by atoms with Crippen LogP contribution >= 0.6 is 23.2 Å². The maximum Gasteiger partial charge on any atom is 0.449 e. The summed E-state index contributed by atoms with van der Waals surface area (Å²) in [6.07, 6.45) is -4.63. The molecule has 0 atom stereocenters. The molecule has 11 heteroatoms. The quantitative estimate of drug-likeness (QED) is 0.658. The first-order valence-electron chi connectivity index (χ1n) is 6.61. The van der Waals surface area contributed by atoms with Gasteiger partial charge in [0.1, 0.15) is 4.90 Å². The van der Waals surface area contributed by atoms with Crippen molar-refractivity contribution in [2.45, 2.75) is 11.1 Å². The van der Waals surface area contributed by atoms with E-state index < -0.39 is 22.0 Å². The summed E-state index contributed by atoms with van der Waals surface area (Å²) >= 11 is 11.6. The van der Waals surface area contributed by atoms with E-state index >= 15 is 0 Å². The second kappa shape index (κ2) is 6.08. The van der Waals surface area contributed by atoms with Gasteiger partial charge in [-0.1, -0.05) is 23.2 Å². The molecule has 3 rings (SSSR count). The lowest BCUT2D eigenvalue weighted by Crippen LogP contribution is -2.13. The van der Waals surface area contributed by atoms with Crippen LogP contribution in [-0.4, -0.2) is 18.4 Å². The lowest BCUT2D eigenvalue weighted by atomic mass is 10.3. The number of aromatic nitrogens is 2. The Kier molecular flexibility index (Phi) is 4.34. The van der Waals surface area contributed by atoms with Crippen molar-refractivity contribution in [3.63, 3.8) is 0 Å². The monoisotopic (exact) mass is 409 g/mol. The van der Waals surface area contributed by atoms with Crippen molar-refractivity contribution in [2.24, 2.45) is 0 Å². The zero-order chi connectivity index (χ0) is 18.4. The smallest absolute Gasteiger partial charge is 0.334 e. The molecular weight excluding hydrogens is 402 g/mol. The summed E-state index contributed by atoms with van der Waals surface area (Å²) in [7, 11) is -4.05. The summed E-state index contributed by atoms with van der Waals surface area (Å²) in [5.74, 6) is -1.16. The molecule has 5 nitrogen and oxygen atoms in total. The van der Waals surface area contributed by atoms with Crippen molar-refractivity contribution in [3.05, 3.63) is 52.3 Å². The van der Waals surface area contributed by atoms with E-state index in [1.54, 1.807) is 0 Å². The van der Waals surface area contributed by atoms with E-state index in [1.807, 2.05) is 0 Å². The predicted molar refractivity (Wildman–Crippen MR) is 88.4 cm³/mol. The van der Waals surface area contributed by atoms with E-state index in [0.717, 1.165) is 0 Å². The van der Waals surface area contributed by atoms with Crippen LogP contribution in [0.15, 0.2) is 41.3 Å². The molecule has 132 valence electrons. The fourth-order valence-electron chi connectivity index (χ4n) is 2.11. The van der Waals surface area contributed by atoms with Crippen LogP contribution < -0.4 is 4.72 Å². The van der Waals surface area contributed by atoms with Gasteiger partial charge in [-0.15, -0.1) is 0 Å². The molecule has 0 bridgehead atoms. The average molecular weight is 410 g/mol. The standard InChI is InChI=1S/C14H8Cl2F3N3O2S/c15-7-1-4-12(9(16)5-7)25(23,24)22-8-2-3-10-11(6-8)21-13(20-10)14(17,18)19/h1-6,22H,(H,20,21). The largest absolute Gasteiger partial charge is 0.449 e. The first kappa shape index (κ1) is 17.8. The van der Waals surface area contributed by atoms with Crippen LogP contribution in [0, 0.1) is 0 Å². The van der Waals surface area contributed by atoms with E-state index in [9.17, 15) is 21.6 Å². The third-order valence-electron chi connectivity index (χ3n) is 3.19. The third kappa shape index (κ3) is 3.68. The molecule has 0 aliphatic heterocycles. The molecule has 0 saturated carbocycles. The SMILES string of the molecule is O=S(=O)(Nc1ccc2nc(C(F)(F)F)[nH]c2c1)c1ccc(Cl)cc1Cl. The molecule has 25 heavy (non-hydrogen) atoms. The van der Waals surface area contributed by atoms with Crippen molar-refractivity contribution < 1.29 is 21.6 Å². The predicted octanol–water partition coefficient (Wildman–Crippen LogP) is 4.69. The Morgan fingerprint density at radius 3 is 2.44 bits per heavy atom. The van der Waals surface area contributed by atoms with Gasteiger partial charge < -0.3 is 4.98 Å². The van der Waals surface area contributed by atoms with E-state index in [2.05, 4.69) is 14.7 Å². The molecule has 0 amide bonds. The number of fused-ring (bicyclic) bond motifs is 1. The number of nitrogens with zero attached hydrogens (tertiary/aromatic N) is 1. The highest BCUT2D eigenvalue weighted by molar-refractivity contribution is 7.92. The Hall–Kier alpha value is -1.97. The molecule has 0 fully saturated rings. The molecule has 2 N–H and O–H groups in total. The van der Waals surface area contributed by atoms with Gasteiger partial charge >= 0.3 is 6.18 Å². The molecule has 0 aliphatic carbocycles. The van der Waals surface area contributed by atoms with Crippen LogP contribution in [0.3, 0.4) is 0 Å². The van der Waals surface area contributed by atoms with E-state index in [1.165, 1.54) is 36.4 Å². The van der Waals surface area contributed by atoms with Crippen molar-refractivity contribution in [3.8, 4) is 0 Å². The van der Waals surface area contributed by atoms with Crippen molar-refractivity contribution in [1.82, 2.24) is 9.97 Å². The molecule has 1 heterocycles. The number of hydrogen-bond acceptors (Lipinski definition) is 3. The molecule has 0 unspecified atom stereocenters. The highest BCUT2D eigenvalue weighted by Crippen LogP contribution is 2.30. The second-order valence-corrected chi connectivity index (χ2v) is 7.49. The highest BCUT2D eigenvalue weighted by atomic mass is 35.5. The first-order chi connectivity index (χ1) is 11.6. The number of hydrogen-bond donors (Lipinski definition) is 2. The van der Waals surface area contributed by atoms with Gasteiger partial charge in [-0.05, 0) is 36.4 Å². The van der Waals surface area contributed by atoms with Gasteiger partial charge in [0.05, 0.1) is 21.7 Å². The maximum absolute atomic E-state index is 12.7. The number of halogens is 5. The Bertz CT molecular complexity index is 1060. The van der Waals surface area contributed by atoms with E-state index in [-0.39, 0.29) is 31.7 Å². The van der Waals surface area contributed by atoms with Crippen molar-refractivity contribution in [1.29, 1.82) is 0 Å². The molecule has 0 saturated heterocycles. The summed E-state index contributed by atoms with van der Waals surface area (Å²) in [5, 5.41) is 0.185. The molecule has 2 aromatic carbocycles. The fraction of sp³-hybridized carbons (Fsp3) is 0.0714. The zero-order valence-electron chi connectivity index (χ0n) is 12.0. The van der Waals surface area contributed by atoms with Gasteiger partial charge in [0.15, 0.2) is 0 Å². The fourth-order valence-corrected chi connectivity index (χ4v) is 3.93. The Morgan fingerprint density at radius 1 is 1.08 bits per heavy atom. The van der Waals surface area contributed by atoms with E-state index in [0.29, 0.717) is 0 Å². The van der Waals surface area contributed by atoms with Gasteiger partial charge in [0.2, 0.25) is 5.82 Å². The van der Waals surface area contributed by atoms with Gasteiger partial charge in [-0.2, -0.15) is 13.2 Å². The van der Waals surface area contributed by atoms with Gasteiger partial charge in [-0.3, -0.25) is 4.72 Å². The molecular formula is C14H8Cl2F3N3O2S. The maximum atomic E-state index is 12.7. The van der Waals surface area contributed by atoms with Gasteiger partial charge in [-0.25, -0.2) is 13.4 Å². The Morgan fingerprint density at radius 2 is 1.80 bits per heavy atom. The van der Waals surface area contributed by atoms with Crippen molar-refractivity contribution in [2.75, 3.05) is 4.72 Å². The lowest BCUT2D eigenvalue weighted by Gasteiger charge is -2.09. The number of rotatable bonds is 3. The first-order valence-corrected chi connectivity index (χ1v) is 8.85. The molecule has 3 aromatic rings. The molecule has 0 radical (unpaired) electrons. The number of nitrogens with one attached hydrogen (secondary N) is 2. The minimum Gasteiger partial charge on any atom is -0.334 e. The van der Waals surface area contributed by atoms with Crippen LogP contribution in [0.2, 0.25) is 10.0 Å². The lowest BCUT2D eigenvalue weighted by molar-refractivity contribution is -0.144. The number of H-pyrrole nitrogens is 1. The summed E-state index contributed by atoms with van der Waals surface area (Å²) < 4.78 is 65.0. The summed E-state index contributed by atoms with van der Waals surface area (Å²) in [6.45, 7) is 0. The summed E-state index contributed by atoms with van der Waals surface area (Å²) in [5.41, 5.74) is 0.144. The van der Waals surface area contributed by atoms with Crippen LogP contribution in [0.4, 0.5) is 18.9 Å². The number of sulfonamides is 1. The number of imidazole rings is 1. The van der Waals surface area contributed by atoms with Gasteiger partial charge in [0.25, 0.3) is 10.0 Å². The zero-order valence-corrected chi connectivity index (χ0v) is 14.4. The van der Waals surface area contributed by atoms with Crippen LogP contribution in [0.1, 0.15) is 5.82 Å². The molecule has 1 aromatic heterocycles. The summed E-state index contributed by atoms with van der Waals surface area (Å²) in [4.78, 5) is 5.31. The summed E-state index contributed by atoms with van der Waals surface area (Å²) in [6, 6.07) is 7.62. The average Bonchev–Trinajstić information content (AvgIpc) is 2.89. The topological polar surface area (TPSA) is 74.8 Å². The molecule has 0 aliphatic rings. The Balaban J connectivity index is 1.96. The van der Waals surface area contributed by atoms with Gasteiger partial charge in [0, 0.05) is 5.02 Å². The minimum absolute atomic E-state index is 0.0368. The number of alkyl halides is 3. The number of benzene rings is 2. The Labute approximate surface area is 149 Å².